The number of likely N-dealkylation sites (tertiary alicyclic amines) is 2. The minimum Gasteiger partial charge on any atom is -0.336 e. The van der Waals surface area contributed by atoms with Gasteiger partial charge in [0, 0.05) is 37.5 Å². The molecule has 0 aromatic heterocycles. The van der Waals surface area contributed by atoms with E-state index in [9.17, 15) is 9.59 Å². The number of carbonyl (C=O) groups is 2. The van der Waals surface area contributed by atoms with Crippen LogP contribution in [-0.4, -0.2) is 46.9 Å². The van der Waals surface area contributed by atoms with Crippen LogP contribution in [0.25, 0.3) is 0 Å². The maximum Gasteiger partial charge on any atom is 0.317 e. The molecule has 2 fully saturated rings. The zero-order valence-electron chi connectivity index (χ0n) is 18.8. The van der Waals surface area contributed by atoms with E-state index < -0.39 is 0 Å². The van der Waals surface area contributed by atoms with Crippen molar-refractivity contribution in [3.05, 3.63) is 71.3 Å². The molecule has 2 aliphatic heterocycles. The molecule has 5 nitrogen and oxygen atoms in total. The van der Waals surface area contributed by atoms with E-state index in [-0.39, 0.29) is 29.4 Å². The zero-order chi connectivity index (χ0) is 22.0. The summed E-state index contributed by atoms with van der Waals surface area (Å²) in [6.07, 6.45) is 2.17. The van der Waals surface area contributed by atoms with E-state index in [1.165, 1.54) is 11.1 Å². The highest BCUT2D eigenvalue weighted by Gasteiger charge is 2.52. The summed E-state index contributed by atoms with van der Waals surface area (Å²) in [4.78, 5) is 30.2. The Balaban J connectivity index is 1.67. The first-order valence-corrected chi connectivity index (χ1v) is 11.3. The molecule has 0 unspecified atom stereocenters. The van der Waals surface area contributed by atoms with E-state index >= 15 is 0 Å². The van der Waals surface area contributed by atoms with Crippen LogP contribution < -0.4 is 5.32 Å². The van der Waals surface area contributed by atoms with Crippen molar-refractivity contribution in [2.75, 3.05) is 13.1 Å². The number of aryl methyl sites for hydroxylation is 1. The molecule has 0 spiro atoms. The number of benzene rings is 2. The second-order valence-electron chi connectivity index (χ2n) is 9.35. The maximum absolute atomic E-state index is 13.2. The number of carbonyl (C=O) groups excluding carboxylic acids is 2. The summed E-state index contributed by atoms with van der Waals surface area (Å²) in [5.74, 6) is 0.175. The van der Waals surface area contributed by atoms with Gasteiger partial charge < -0.3 is 15.1 Å². The highest BCUT2D eigenvalue weighted by Crippen LogP contribution is 2.46. The fraction of sp³-hybridized carbons (Fsp3) is 0.462. The molecule has 0 bridgehead atoms. The van der Waals surface area contributed by atoms with E-state index in [4.69, 9.17) is 0 Å². The van der Waals surface area contributed by atoms with Gasteiger partial charge in [-0.05, 0) is 44.7 Å². The van der Waals surface area contributed by atoms with E-state index in [2.05, 4.69) is 60.8 Å². The van der Waals surface area contributed by atoms with E-state index in [0.717, 1.165) is 18.4 Å². The van der Waals surface area contributed by atoms with Gasteiger partial charge in [0.15, 0.2) is 0 Å². The topological polar surface area (TPSA) is 52.6 Å². The first-order valence-electron chi connectivity index (χ1n) is 11.3. The van der Waals surface area contributed by atoms with Crippen LogP contribution in [0.5, 0.6) is 0 Å². The largest absolute Gasteiger partial charge is 0.336 e. The van der Waals surface area contributed by atoms with Crippen LogP contribution in [0.4, 0.5) is 4.79 Å². The van der Waals surface area contributed by atoms with E-state index in [1.54, 1.807) is 0 Å². The lowest BCUT2D eigenvalue weighted by Gasteiger charge is -2.38. The van der Waals surface area contributed by atoms with Crippen LogP contribution >= 0.6 is 0 Å². The van der Waals surface area contributed by atoms with Crippen molar-refractivity contribution in [1.82, 2.24) is 15.1 Å². The SMILES string of the molecule is Cc1ccc(CN2C[C@H]3N(C(=O)NC(C)C)CC[C@@]3(c3ccccc3)CCC2=O)cc1. The lowest BCUT2D eigenvalue weighted by Crippen LogP contribution is -2.53. The normalized spacial score (nSPS) is 23.6. The first-order chi connectivity index (χ1) is 14.9. The predicted molar refractivity (Wildman–Crippen MR) is 123 cm³/mol. The van der Waals surface area contributed by atoms with E-state index in [0.29, 0.717) is 26.1 Å². The standard InChI is InChI=1S/C26H33N3O2/c1-19(2)27-25(31)29-16-15-26(22-7-5-4-6-8-22)14-13-24(30)28(18-23(26)29)17-21-11-9-20(3)10-12-21/h4-12,19,23H,13-18H2,1-3H3,(H,27,31)/t23-,26-/m1/s1. The number of rotatable bonds is 4. The molecule has 2 saturated heterocycles. The van der Waals surface area contributed by atoms with Gasteiger partial charge in [-0.15, -0.1) is 0 Å². The van der Waals surface area contributed by atoms with Crippen molar-refractivity contribution in [1.29, 1.82) is 0 Å². The molecule has 2 aromatic rings. The Morgan fingerprint density at radius 2 is 1.81 bits per heavy atom. The van der Waals surface area contributed by atoms with Gasteiger partial charge in [-0.1, -0.05) is 60.2 Å². The van der Waals surface area contributed by atoms with Crippen molar-refractivity contribution < 1.29 is 9.59 Å². The molecule has 31 heavy (non-hydrogen) atoms. The molecule has 5 heteroatoms. The summed E-state index contributed by atoms with van der Waals surface area (Å²) < 4.78 is 0. The second-order valence-corrected chi connectivity index (χ2v) is 9.35. The van der Waals surface area contributed by atoms with Crippen molar-refractivity contribution in [3.8, 4) is 0 Å². The predicted octanol–water partition coefficient (Wildman–Crippen LogP) is 4.25. The van der Waals surface area contributed by atoms with Crippen LogP contribution in [0.3, 0.4) is 0 Å². The number of nitrogens with zero attached hydrogens (tertiary/aromatic N) is 2. The Labute approximate surface area is 185 Å². The molecular formula is C26H33N3O2. The Bertz CT molecular complexity index is 925. The Morgan fingerprint density at radius 1 is 1.10 bits per heavy atom. The third-order valence-electron chi connectivity index (χ3n) is 6.86. The van der Waals surface area contributed by atoms with Crippen molar-refractivity contribution >= 4 is 11.9 Å². The summed E-state index contributed by atoms with van der Waals surface area (Å²) in [5.41, 5.74) is 3.39. The molecule has 2 heterocycles. The number of nitrogens with one attached hydrogen (secondary N) is 1. The summed E-state index contributed by atoms with van der Waals surface area (Å²) in [6, 6.07) is 18.9. The fourth-order valence-corrected chi connectivity index (χ4v) is 5.19. The summed E-state index contributed by atoms with van der Waals surface area (Å²) >= 11 is 0. The number of fused-ring (bicyclic) bond motifs is 1. The molecule has 0 radical (unpaired) electrons. The summed E-state index contributed by atoms with van der Waals surface area (Å²) in [7, 11) is 0. The molecule has 1 N–H and O–H groups in total. The highest BCUT2D eigenvalue weighted by atomic mass is 16.2. The smallest absolute Gasteiger partial charge is 0.317 e. The molecule has 2 aromatic carbocycles. The van der Waals surface area contributed by atoms with Gasteiger partial charge in [-0.3, -0.25) is 4.79 Å². The Hall–Kier alpha value is -2.82. The average Bonchev–Trinajstić information content (AvgIpc) is 3.06. The quantitative estimate of drug-likeness (QED) is 0.806. The van der Waals surface area contributed by atoms with E-state index in [1.807, 2.05) is 29.7 Å². The summed E-state index contributed by atoms with van der Waals surface area (Å²) in [5, 5.41) is 3.07. The van der Waals surface area contributed by atoms with Gasteiger partial charge in [0.2, 0.25) is 5.91 Å². The molecule has 2 atom stereocenters. The van der Waals surface area contributed by atoms with Gasteiger partial charge in [0.05, 0.1) is 6.04 Å². The molecule has 2 aliphatic rings. The Morgan fingerprint density at radius 3 is 2.48 bits per heavy atom. The number of amides is 3. The minimum absolute atomic E-state index is 0.0255. The molecule has 164 valence electrons. The average molecular weight is 420 g/mol. The second kappa shape index (κ2) is 8.74. The fourth-order valence-electron chi connectivity index (χ4n) is 5.19. The van der Waals surface area contributed by atoms with Gasteiger partial charge in [-0.25, -0.2) is 4.79 Å². The van der Waals surface area contributed by atoms with Crippen LogP contribution in [0.2, 0.25) is 0 Å². The van der Waals surface area contributed by atoms with Crippen LogP contribution in [0, 0.1) is 6.92 Å². The van der Waals surface area contributed by atoms with Gasteiger partial charge in [-0.2, -0.15) is 0 Å². The van der Waals surface area contributed by atoms with Gasteiger partial charge in [0.25, 0.3) is 0 Å². The van der Waals surface area contributed by atoms with Gasteiger partial charge >= 0.3 is 6.03 Å². The van der Waals surface area contributed by atoms with Crippen LogP contribution in [0.15, 0.2) is 54.6 Å². The zero-order valence-corrected chi connectivity index (χ0v) is 18.8. The first kappa shape index (κ1) is 21.4. The minimum atomic E-state index is -0.187. The summed E-state index contributed by atoms with van der Waals surface area (Å²) in [6.45, 7) is 7.90. The Kier molecular flexibility index (Phi) is 6.03. The van der Waals surface area contributed by atoms with Crippen molar-refractivity contribution in [2.45, 2.75) is 64.1 Å². The molecule has 3 amide bonds. The monoisotopic (exact) mass is 419 g/mol. The van der Waals surface area contributed by atoms with Crippen molar-refractivity contribution in [3.63, 3.8) is 0 Å². The lowest BCUT2D eigenvalue weighted by molar-refractivity contribution is -0.131. The number of hydrogen-bond donors (Lipinski definition) is 1. The van der Waals surface area contributed by atoms with Crippen molar-refractivity contribution in [2.24, 2.45) is 0 Å². The van der Waals surface area contributed by atoms with Gasteiger partial charge in [0.1, 0.15) is 0 Å². The number of urea groups is 1. The lowest BCUT2D eigenvalue weighted by atomic mass is 9.71. The van der Waals surface area contributed by atoms with Crippen LogP contribution in [0.1, 0.15) is 49.8 Å². The van der Waals surface area contributed by atoms with Crippen LogP contribution in [-0.2, 0) is 16.8 Å². The number of hydrogen-bond acceptors (Lipinski definition) is 2. The molecule has 4 rings (SSSR count). The third-order valence-corrected chi connectivity index (χ3v) is 6.86. The third kappa shape index (κ3) is 4.32. The molecule has 0 aliphatic carbocycles. The highest BCUT2D eigenvalue weighted by molar-refractivity contribution is 5.79. The molecule has 0 saturated carbocycles. The maximum atomic E-state index is 13.2. The molecular weight excluding hydrogens is 386 g/mol.